The number of hydrogen-bond acceptors (Lipinski definition) is 19. The van der Waals surface area contributed by atoms with E-state index in [-0.39, 0.29) is 88.0 Å². The van der Waals surface area contributed by atoms with Crippen molar-refractivity contribution in [3.8, 4) is 0 Å². The molecule has 2 aliphatic carbocycles. The lowest BCUT2D eigenvalue weighted by Crippen LogP contribution is -2.62. The zero-order valence-electron chi connectivity index (χ0n) is 67.0. The number of methoxy groups -OCH3 is 3. The maximum Gasteiger partial charge on any atom is 0.308 e. The summed E-state index contributed by atoms with van der Waals surface area (Å²) in [6, 6.07) is 0. The summed E-state index contributed by atoms with van der Waals surface area (Å²) in [6.07, 6.45) is 35.9. The molecule has 0 radical (unpaired) electrons. The summed E-state index contributed by atoms with van der Waals surface area (Å²) in [4.78, 5) is 111. The van der Waals surface area contributed by atoms with Gasteiger partial charge < -0.3 is 52.8 Å². The number of carbonyl (C=O) groups is 8. The van der Waals surface area contributed by atoms with Crippen molar-refractivity contribution >= 4 is 47.0 Å². The van der Waals surface area contributed by atoms with Gasteiger partial charge >= 0.3 is 23.9 Å². The van der Waals surface area contributed by atoms with Gasteiger partial charge in [0.15, 0.2) is 12.9 Å². The second kappa shape index (κ2) is 53.4. The largest absolute Gasteiger partial charge is 0.462 e. The molecule has 0 aromatic rings. The molecule has 3 fully saturated rings. The van der Waals surface area contributed by atoms with Crippen LogP contribution < -0.4 is 0 Å². The molecular weight excluding hydrogens is 1340 g/mol. The Morgan fingerprint density at radius 1 is 0.581 bits per heavy atom. The first kappa shape index (κ1) is 92.9. The number of aliphatic hydroxyl groups excluding tert-OH is 1. The van der Waals surface area contributed by atoms with E-state index < -0.39 is 126 Å². The van der Waals surface area contributed by atoms with Crippen LogP contribution in [0.5, 0.6) is 0 Å². The molecule has 2 N–H and O–H groups in total. The molecule has 0 aromatic carbocycles. The van der Waals surface area contributed by atoms with Gasteiger partial charge in [-0.05, 0) is 108 Å². The highest BCUT2D eigenvalue weighted by Gasteiger charge is 2.57. The molecule has 2 saturated carbocycles. The second-order valence-electron chi connectivity index (χ2n) is 31.8. The minimum Gasteiger partial charge on any atom is -0.462 e. The molecule has 0 spiro atoms. The molecule has 4 aliphatic rings. The second-order valence-corrected chi connectivity index (χ2v) is 31.8. The molecule has 4 rings (SSSR count). The number of hydrogen-bond donors (Lipinski definition) is 2. The minimum atomic E-state index is -2.49. The monoisotopic (exact) mass is 1480 g/mol. The third-order valence-electron chi connectivity index (χ3n) is 23.0. The molecule has 602 valence electrons. The lowest BCUT2D eigenvalue weighted by atomic mass is 9.69. The standard InChI is InChI=1S/C86H144O19/c1-12-15-17-19-21-23-25-27-29-31-33-35-37-44-79(90)100-58-68(59-101-80(91)45-38-36-34-32-30-28-26-24-22-20-18-16-13-2)104-82(93)49-48-81(92)103-60-102-75-47-46-66(55-76(75)97-9)53-63(6)71-56-74(89)69-42-39-40-43-70(69)83(94)85(95)86(96)64(7)54-78(99-11)84(105-86)77(98-10)52-62(5)50-61(4)51-67(41-14-3)73(88)57-72(87)65(71)8/h14,51,53,62,64-72,75-78,84,87,96H,3,12-13,15-50,52,54-60H2,1-2,4-11H3/b61-51+,63-53+/t62-,64+,65-,66?,67+,69+,70?,71+,72-,75+,76+,77-,78-,84+,86+/m0/s1. The molecule has 2 bridgehead atoms. The van der Waals surface area contributed by atoms with Crippen LogP contribution in [-0.2, 0) is 81.0 Å². The van der Waals surface area contributed by atoms with Crippen molar-refractivity contribution in [2.24, 2.45) is 47.3 Å². The molecule has 105 heavy (non-hydrogen) atoms. The Bertz CT molecular complexity index is 2550. The quantitative estimate of drug-likeness (QED) is 0.0143. The van der Waals surface area contributed by atoms with Gasteiger partial charge in [-0.2, -0.15) is 0 Å². The van der Waals surface area contributed by atoms with Gasteiger partial charge in [-0.25, -0.2) is 0 Å². The average molecular weight is 1480 g/mol. The molecule has 2 aliphatic heterocycles. The van der Waals surface area contributed by atoms with E-state index >= 15 is 4.79 Å². The van der Waals surface area contributed by atoms with E-state index in [4.69, 9.17) is 42.6 Å². The average Bonchev–Trinajstić information content (AvgIpc) is 0.863. The minimum absolute atomic E-state index is 0.0172. The maximum absolute atomic E-state index is 15.0. The third kappa shape index (κ3) is 35.0. The molecule has 1 saturated heterocycles. The van der Waals surface area contributed by atoms with Crippen molar-refractivity contribution in [3.05, 3.63) is 36.0 Å². The molecule has 2 unspecified atom stereocenters. The maximum atomic E-state index is 15.0. The van der Waals surface area contributed by atoms with E-state index in [9.17, 15) is 43.8 Å². The van der Waals surface area contributed by atoms with E-state index in [2.05, 4.69) is 26.5 Å². The van der Waals surface area contributed by atoms with Crippen molar-refractivity contribution in [1.82, 2.24) is 0 Å². The molecule has 0 aromatic heterocycles. The van der Waals surface area contributed by atoms with Gasteiger partial charge in [0.1, 0.15) is 30.9 Å². The van der Waals surface area contributed by atoms with Crippen LogP contribution in [0.15, 0.2) is 36.0 Å². The normalized spacial score (nSPS) is 28.2. The Morgan fingerprint density at radius 2 is 1.07 bits per heavy atom. The van der Waals surface area contributed by atoms with Crippen LogP contribution in [0.4, 0.5) is 0 Å². The summed E-state index contributed by atoms with van der Waals surface area (Å²) in [5.74, 6) is -11.6. The van der Waals surface area contributed by atoms with E-state index in [0.29, 0.717) is 70.6 Å². The molecule has 19 heteroatoms. The molecule has 19 nitrogen and oxygen atoms in total. The zero-order chi connectivity index (χ0) is 76.9. The van der Waals surface area contributed by atoms with Gasteiger partial charge in [-0.3, -0.25) is 38.4 Å². The van der Waals surface area contributed by atoms with Gasteiger partial charge in [-0.1, -0.05) is 231 Å². The number of fused-ring (bicyclic) bond motifs is 3. The highest BCUT2D eigenvalue weighted by molar-refractivity contribution is 6.41. The first-order chi connectivity index (χ1) is 50.5. The predicted molar refractivity (Wildman–Crippen MR) is 408 cm³/mol. The van der Waals surface area contributed by atoms with Crippen molar-refractivity contribution in [1.29, 1.82) is 0 Å². The number of carbonyl (C=O) groups excluding carboxylic acids is 8. The Hall–Kier alpha value is -4.50. The van der Waals surface area contributed by atoms with Crippen LogP contribution in [0, 0.1) is 47.3 Å². The van der Waals surface area contributed by atoms with Crippen LogP contribution in [0.25, 0.3) is 0 Å². The predicted octanol–water partition coefficient (Wildman–Crippen LogP) is 17.6. The number of Topliss-reactive ketones (excluding diaryl/α,β-unsaturated/α-hetero) is 4. The Balaban J connectivity index is 1.37. The molecular formula is C86H144O19. The number of aliphatic hydroxyl groups is 2. The van der Waals surface area contributed by atoms with Crippen molar-refractivity contribution in [2.45, 2.75) is 373 Å². The van der Waals surface area contributed by atoms with Gasteiger partial charge in [0.2, 0.25) is 11.6 Å². The summed E-state index contributed by atoms with van der Waals surface area (Å²) < 4.78 is 52.6. The van der Waals surface area contributed by atoms with Gasteiger partial charge in [0.25, 0.3) is 5.78 Å². The number of ketones is 4. The molecule has 2 heterocycles. The Labute approximate surface area is 633 Å². The van der Waals surface area contributed by atoms with Gasteiger partial charge in [-0.15, -0.1) is 6.58 Å². The fourth-order valence-corrected chi connectivity index (χ4v) is 16.4. The van der Waals surface area contributed by atoms with E-state index in [1.165, 1.54) is 130 Å². The number of esters is 4. The summed E-state index contributed by atoms with van der Waals surface area (Å²) in [6.45, 7) is 16.9. The lowest BCUT2D eigenvalue weighted by molar-refractivity contribution is -0.302. The van der Waals surface area contributed by atoms with E-state index in [1.807, 2.05) is 33.8 Å². The van der Waals surface area contributed by atoms with Crippen LogP contribution >= 0.6 is 0 Å². The highest BCUT2D eigenvalue weighted by Crippen LogP contribution is 2.43. The highest BCUT2D eigenvalue weighted by atomic mass is 16.7. The number of allylic oxidation sites excluding steroid dienone is 5. The fourth-order valence-electron chi connectivity index (χ4n) is 16.4. The summed E-state index contributed by atoms with van der Waals surface area (Å²) in [5, 5.41) is 24.5. The van der Waals surface area contributed by atoms with Gasteiger partial charge in [0, 0.05) is 70.7 Å². The Morgan fingerprint density at radius 3 is 1.58 bits per heavy atom. The van der Waals surface area contributed by atoms with Gasteiger partial charge in [0.05, 0.1) is 43.4 Å². The first-order valence-corrected chi connectivity index (χ1v) is 41.6. The smallest absolute Gasteiger partial charge is 0.308 e. The van der Waals surface area contributed by atoms with Crippen molar-refractivity contribution in [3.63, 3.8) is 0 Å². The molecule has 15 atom stereocenters. The Kier molecular flexibility index (Phi) is 47.2. The SMILES string of the molecule is C=CC[C@@H]1/C=C(\C)C[C@H](C)C[C@H](OC)[C@H]2O[C@@](O)(C(=O)C(=O)C3CCCC[C@H]3C(=O)C[C@H](/C(C)=C/C3CC[C@@H](OCOC(=O)CCC(=O)OC(COC(=O)CCCCCCCCCCCCCCC)COC(=O)CCCCCCCCCCCCCCC)[C@H](OC)C3)[C@H](C)[C@@H](O)CC1=O)[C@H](C)C[C@@H]2OC. The van der Waals surface area contributed by atoms with Crippen LogP contribution in [0.2, 0.25) is 0 Å². The van der Waals surface area contributed by atoms with E-state index in [1.54, 1.807) is 20.1 Å². The van der Waals surface area contributed by atoms with Crippen LogP contribution in [0.3, 0.4) is 0 Å². The number of unbranched alkanes of at least 4 members (excludes halogenated alkanes) is 24. The first-order valence-electron chi connectivity index (χ1n) is 41.6. The lowest BCUT2D eigenvalue weighted by Gasteiger charge is -2.46. The molecule has 0 amide bonds. The van der Waals surface area contributed by atoms with Crippen LogP contribution in [-0.4, -0.2) is 147 Å². The number of rotatable bonds is 46. The summed E-state index contributed by atoms with van der Waals surface area (Å²) in [7, 11) is 4.65. The topological polar surface area (TPSA) is 260 Å². The summed E-state index contributed by atoms with van der Waals surface area (Å²) in [5.41, 5.74) is 1.76. The summed E-state index contributed by atoms with van der Waals surface area (Å²) >= 11 is 0. The zero-order valence-corrected chi connectivity index (χ0v) is 67.0. The van der Waals surface area contributed by atoms with Crippen molar-refractivity contribution < 1.29 is 91.2 Å². The fraction of sp³-hybridized carbons (Fsp3) is 0.837. The van der Waals surface area contributed by atoms with E-state index in [0.717, 1.165) is 49.7 Å². The number of ether oxygens (including phenoxy) is 9. The third-order valence-corrected chi connectivity index (χ3v) is 23.0. The van der Waals surface area contributed by atoms with Crippen molar-refractivity contribution in [2.75, 3.05) is 41.3 Å². The van der Waals surface area contributed by atoms with Crippen LogP contribution in [0.1, 0.15) is 325 Å².